The minimum absolute atomic E-state index is 0.0222. The van der Waals surface area contributed by atoms with E-state index in [1.165, 1.54) is 18.2 Å². The molecule has 0 unspecified atom stereocenters. The Labute approximate surface area is 204 Å². The van der Waals surface area contributed by atoms with Gasteiger partial charge in [-0.25, -0.2) is 8.42 Å². The molecule has 2 aliphatic rings. The van der Waals surface area contributed by atoms with Gasteiger partial charge in [-0.15, -0.1) is 0 Å². The Morgan fingerprint density at radius 1 is 1.00 bits per heavy atom. The minimum Gasteiger partial charge on any atom is -0.339 e. The summed E-state index contributed by atoms with van der Waals surface area (Å²) >= 11 is 0. The summed E-state index contributed by atoms with van der Waals surface area (Å²) in [4.78, 5) is 28.0. The van der Waals surface area contributed by atoms with Gasteiger partial charge in [0.1, 0.15) is 4.90 Å². The van der Waals surface area contributed by atoms with E-state index >= 15 is 0 Å². The van der Waals surface area contributed by atoms with E-state index in [1.807, 2.05) is 24.3 Å². The topological polar surface area (TPSA) is 98.5 Å². The smallest absolute Gasteiger partial charge is 0.273 e. The van der Waals surface area contributed by atoms with Crippen molar-refractivity contribution in [1.82, 2.24) is 4.90 Å². The van der Waals surface area contributed by atoms with Crippen LogP contribution >= 0.6 is 0 Å². The fourth-order valence-electron chi connectivity index (χ4n) is 4.81. The first-order valence-electron chi connectivity index (χ1n) is 11.4. The molecule has 3 aromatic carbocycles. The predicted molar refractivity (Wildman–Crippen MR) is 131 cm³/mol. The Hall–Kier alpha value is -3.96. The molecule has 7 nitrogen and oxygen atoms in total. The van der Waals surface area contributed by atoms with Crippen LogP contribution in [-0.2, 0) is 10.0 Å². The molecule has 176 valence electrons. The molecule has 2 heterocycles. The van der Waals surface area contributed by atoms with Crippen LogP contribution in [0.5, 0.6) is 0 Å². The van der Waals surface area contributed by atoms with Crippen molar-refractivity contribution in [3.8, 4) is 6.07 Å². The van der Waals surface area contributed by atoms with E-state index in [9.17, 15) is 18.0 Å². The number of piperidine rings is 1. The van der Waals surface area contributed by atoms with Crippen LogP contribution in [0.2, 0.25) is 0 Å². The van der Waals surface area contributed by atoms with E-state index in [0.29, 0.717) is 35.7 Å². The molecule has 0 aromatic heterocycles. The molecule has 0 saturated carbocycles. The van der Waals surface area contributed by atoms with E-state index in [2.05, 4.69) is 6.07 Å². The van der Waals surface area contributed by atoms with Gasteiger partial charge >= 0.3 is 0 Å². The van der Waals surface area contributed by atoms with Crippen molar-refractivity contribution in [1.29, 1.82) is 5.26 Å². The number of likely N-dealkylation sites (tertiary alicyclic amines) is 1. The van der Waals surface area contributed by atoms with Crippen LogP contribution in [0.3, 0.4) is 0 Å². The number of carbonyl (C=O) groups excluding carboxylic acids is 2. The molecule has 2 aliphatic heterocycles. The highest BCUT2D eigenvalue weighted by atomic mass is 32.2. The molecule has 1 saturated heterocycles. The molecule has 0 N–H and O–H groups in total. The molecule has 3 aromatic rings. The van der Waals surface area contributed by atoms with Gasteiger partial charge in [0.2, 0.25) is 0 Å². The Morgan fingerprint density at radius 2 is 1.69 bits per heavy atom. The second-order valence-corrected chi connectivity index (χ2v) is 10.6. The summed E-state index contributed by atoms with van der Waals surface area (Å²) in [5.74, 6) is -0.492. The van der Waals surface area contributed by atoms with Gasteiger partial charge in [-0.2, -0.15) is 9.57 Å². The molecule has 35 heavy (non-hydrogen) atoms. The lowest BCUT2D eigenvalue weighted by atomic mass is 9.89. The van der Waals surface area contributed by atoms with Crippen molar-refractivity contribution in [2.75, 3.05) is 17.4 Å². The second-order valence-electron chi connectivity index (χ2n) is 8.87. The number of hydrogen-bond acceptors (Lipinski definition) is 5. The van der Waals surface area contributed by atoms with Gasteiger partial charge in [-0.1, -0.05) is 30.3 Å². The number of nitrogens with zero attached hydrogens (tertiary/aromatic N) is 3. The molecule has 0 bridgehead atoms. The van der Waals surface area contributed by atoms with E-state index in [-0.39, 0.29) is 22.1 Å². The van der Waals surface area contributed by atoms with Gasteiger partial charge < -0.3 is 4.90 Å². The summed E-state index contributed by atoms with van der Waals surface area (Å²) in [7, 11) is -4.04. The lowest BCUT2D eigenvalue weighted by molar-refractivity contribution is 0.0712. The summed E-state index contributed by atoms with van der Waals surface area (Å²) in [5.41, 5.74) is 3.05. The van der Waals surface area contributed by atoms with E-state index in [0.717, 1.165) is 22.7 Å². The Bertz CT molecular complexity index is 1480. The monoisotopic (exact) mass is 485 g/mol. The summed E-state index contributed by atoms with van der Waals surface area (Å²) in [5, 5.41) is 8.99. The van der Waals surface area contributed by atoms with E-state index in [1.54, 1.807) is 36.1 Å². The van der Waals surface area contributed by atoms with Crippen LogP contribution in [0.25, 0.3) is 0 Å². The predicted octanol–water partition coefficient (Wildman–Crippen LogP) is 4.24. The SMILES string of the molecule is Cc1ccc(C(=O)N2CCC(c3ccc(C#N)cc3)CC2)cc1N1C(=O)c2ccccc2S1(=O)=O. The number of aryl methyl sites for hydroxylation is 1. The zero-order chi connectivity index (χ0) is 24.7. The molecular formula is C27H23N3O4S. The van der Waals surface area contributed by atoms with Crippen LogP contribution in [0.1, 0.15) is 56.2 Å². The van der Waals surface area contributed by atoms with E-state index in [4.69, 9.17) is 5.26 Å². The Morgan fingerprint density at radius 3 is 2.34 bits per heavy atom. The summed E-state index contributed by atoms with van der Waals surface area (Å²) in [6.07, 6.45) is 1.59. The zero-order valence-corrected chi connectivity index (χ0v) is 20.0. The number of nitriles is 1. The van der Waals surface area contributed by atoms with Crippen LogP contribution in [-0.4, -0.2) is 38.2 Å². The Kier molecular flexibility index (Phi) is 5.65. The van der Waals surface area contributed by atoms with Crippen molar-refractivity contribution >= 4 is 27.5 Å². The Balaban J connectivity index is 1.36. The molecule has 0 radical (unpaired) electrons. The van der Waals surface area contributed by atoms with Crippen LogP contribution in [0.4, 0.5) is 5.69 Å². The molecule has 2 amide bonds. The quantitative estimate of drug-likeness (QED) is 0.553. The number of amides is 2. The van der Waals surface area contributed by atoms with Crippen molar-refractivity contribution in [2.45, 2.75) is 30.6 Å². The van der Waals surface area contributed by atoms with Gasteiger partial charge in [-0.05, 0) is 73.2 Å². The third-order valence-electron chi connectivity index (χ3n) is 6.79. The highest BCUT2D eigenvalue weighted by Gasteiger charge is 2.42. The lowest BCUT2D eigenvalue weighted by Gasteiger charge is -2.32. The number of sulfonamides is 1. The summed E-state index contributed by atoms with van der Waals surface area (Å²) in [6, 6.07) is 20.7. The molecule has 0 aliphatic carbocycles. The van der Waals surface area contributed by atoms with Crippen LogP contribution in [0.15, 0.2) is 71.6 Å². The van der Waals surface area contributed by atoms with Crippen LogP contribution < -0.4 is 4.31 Å². The van der Waals surface area contributed by atoms with E-state index < -0.39 is 15.9 Å². The van der Waals surface area contributed by atoms with Crippen molar-refractivity contribution < 1.29 is 18.0 Å². The second kappa shape index (κ2) is 8.67. The molecule has 0 atom stereocenters. The number of carbonyl (C=O) groups is 2. The van der Waals surface area contributed by atoms with Gasteiger partial charge in [0.15, 0.2) is 0 Å². The zero-order valence-electron chi connectivity index (χ0n) is 19.1. The lowest BCUT2D eigenvalue weighted by Crippen LogP contribution is -2.38. The third-order valence-corrected chi connectivity index (χ3v) is 8.54. The maximum Gasteiger partial charge on any atom is 0.273 e. The summed E-state index contributed by atoms with van der Waals surface area (Å²) < 4.78 is 27.1. The third kappa shape index (κ3) is 3.88. The average molecular weight is 486 g/mol. The largest absolute Gasteiger partial charge is 0.339 e. The molecule has 5 rings (SSSR count). The van der Waals surface area contributed by atoms with Crippen molar-refractivity contribution in [2.24, 2.45) is 0 Å². The van der Waals surface area contributed by atoms with Gasteiger partial charge in [-0.3, -0.25) is 9.59 Å². The normalized spacial score (nSPS) is 17.2. The van der Waals surface area contributed by atoms with Crippen LogP contribution in [0, 0.1) is 18.3 Å². The maximum atomic E-state index is 13.3. The fourth-order valence-corrected chi connectivity index (χ4v) is 6.47. The summed E-state index contributed by atoms with van der Waals surface area (Å²) in [6.45, 7) is 2.86. The van der Waals surface area contributed by atoms with Gasteiger partial charge in [0.25, 0.3) is 21.8 Å². The maximum absolute atomic E-state index is 13.3. The molecule has 1 fully saturated rings. The molecule has 8 heteroatoms. The highest BCUT2D eigenvalue weighted by Crippen LogP contribution is 2.37. The molecular weight excluding hydrogens is 462 g/mol. The number of fused-ring (bicyclic) bond motifs is 1. The highest BCUT2D eigenvalue weighted by molar-refractivity contribution is 7.94. The standard InChI is InChI=1S/C27H23N3O4S/c1-18-6-9-22(16-24(18)30-27(32)23-4-2-3-5-25(23)35(30,33)34)26(31)29-14-12-21(13-15-29)20-10-7-19(17-28)8-11-20/h2-11,16,21H,12-15H2,1H3. The first kappa shape index (κ1) is 22.8. The fraction of sp³-hybridized carbons (Fsp3) is 0.222. The number of rotatable bonds is 3. The van der Waals surface area contributed by atoms with Crippen molar-refractivity contribution in [3.05, 3.63) is 94.5 Å². The first-order chi connectivity index (χ1) is 16.8. The first-order valence-corrected chi connectivity index (χ1v) is 12.8. The number of anilines is 1. The van der Waals surface area contributed by atoms with Gasteiger partial charge in [0.05, 0.1) is 22.9 Å². The number of hydrogen-bond donors (Lipinski definition) is 0. The average Bonchev–Trinajstić information content (AvgIpc) is 3.09. The van der Waals surface area contributed by atoms with Gasteiger partial charge in [0, 0.05) is 18.7 Å². The number of benzene rings is 3. The minimum atomic E-state index is -4.04. The van der Waals surface area contributed by atoms with Crippen molar-refractivity contribution in [3.63, 3.8) is 0 Å². The molecule has 0 spiro atoms.